The Morgan fingerprint density at radius 3 is 2.48 bits per heavy atom. The summed E-state index contributed by atoms with van der Waals surface area (Å²) in [5, 5.41) is 5.76. The Bertz CT molecular complexity index is 795. The normalized spacial score (nSPS) is 10.8. The predicted molar refractivity (Wildman–Crippen MR) is 94.9 cm³/mol. The molecule has 3 aromatic rings. The van der Waals surface area contributed by atoms with Crippen molar-refractivity contribution in [2.45, 2.75) is 6.54 Å². The van der Waals surface area contributed by atoms with Crippen LogP contribution in [0.3, 0.4) is 0 Å². The van der Waals surface area contributed by atoms with Gasteiger partial charge in [-0.2, -0.15) is 0 Å². The highest BCUT2D eigenvalue weighted by molar-refractivity contribution is 7.09. The average Bonchev–Trinajstić information content (AvgIpc) is 3.09. The van der Waals surface area contributed by atoms with E-state index in [0.29, 0.717) is 6.54 Å². The van der Waals surface area contributed by atoms with Crippen LogP contribution in [0.25, 0.3) is 17.3 Å². The van der Waals surface area contributed by atoms with Gasteiger partial charge in [-0.3, -0.25) is 4.79 Å². The summed E-state index contributed by atoms with van der Waals surface area (Å²) in [5.74, 6) is -0.120. The van der Waals surface area contributed by atoms with Crippen LogP contribution in [0.5, 0.6) is 0 Å². The van der Waals surface area contributed by atoms with Crippen LogP contribution >= 0.6 is 11.3 Å². The molecular weight excluding hydrogens is 304 g/mol. The molecule has 3 nitrogen and oxygen atoms in total. The van der Waals surface area contributed by atoms with E-state index in [0.717, 1.165) is 21.8 Å². The fourth-order valence-electron chi connectivity index (χ4n) is 2.09. The smallest absolute Gasteiger partial charge is 0.244 e. The van der Waals surface area contributed by atoms with Gasteiger partial charge in [-0.15, -0.1) is 11.3 Å². The molecule has 114 valence electrons. The van der Waals surface area contributed by atoms with Crippen LogP contribution in [0.2, 0.25) is 0 Å². The van der Waals surface area contributed by atoms with E-state index in [1.54, 1.807) is 23.5 Å². The first kappa shape index (κ1) is 15.2. The third-order valence-electron chi connectivity index (χ3n) is 3.26. The topological polar surface area (TPSA) is 42.0 Å². The number of nitrogens with one attached hydrogen (secondary N) is 1. The van der Waals surface area contributed by atoms with Gasteiger partial charge in [0.2, 0.25) is 5.91 Å². The van der Waals surface area contributed by atoms with Crippen molar-refractivity contribution in [3.63, 3.8) is 0 Å². The van der Waals surface area contributed by atoms with Crippen LogP contribution in [0.1, 0.15) is 10.6 Å². The largest absolute Gasteiger partial charge is 0.346 e. The number of carbonyl (C=O) groups is 1. The van der Waals surface area contributed by atoms with Crippen LogP contribution < -0.4 is 5.32 Å². The van der Waals surface area contributed by atoms with Crippen molar-refractivity contribution < 1.29 is 4.79 Å². The standard InChI is InChI=1S/C19H16N2OS/c22-18(12-11-15-7-3-1-4-8-15)20-13-19-21-17(14-23-19)16-9-5-2-6-10-16/h1-12,14H,13H2,(H,20,22). The maximum Gasteiger partial charge on any atom is 0.244 e. The van der Waals surface area contributed by atoms with Gasteiger partial charge in [-0.05, 0) is 11.6 Å². The van der Waals surface area contributed by atoms with Crippen molar-refractivity contribution in [3.8, 4) is 11.3 Å². The number of aromatic nitrogens is 1. The van der Waals surface area contributed by atoms with Crippen molar-refractivity contribution in [1.82, 2.24) is 10.3 Å². The number of hydrogen-bond acceptors (Lipinski definition) is 3. The SMILES string of the molecule is O=C(C=Cc1ccccc1)NCc1nc(-c2ccccc2)cs1. The van der Waals surface area contributed by atoms with Crippen LogP contribution in [-0.4, -0.2) is 10.9 Å². The quantitative estimate of drug-likeness (QED) is 0.718. The van der Waals surface area contributed by atoms with Crippen molar-refractivity contribution in [2.75, 3.05) is 0 Å². The minimum Gasteiger partial charge on any atom is -0.346 e. The number of amides is 1. The maximum absolute atomic E-state index is 11.8. The first-order valence-electron chi connectivity index (χ1n) is 7.32. The van der Waals surface area contributed by atoms with Crippen LogP contribution in [0, 0.1) is 0 Å². The summed E-state index contributed by atoms with van der Waals surface area (Å²) < 4.78 is 0. The summed E-state index contributed by atoms with van der Waals surface area (Å²) in [6, 6.07) is 19.8. The third kappa shape index (κ3) is 4.37. The number of thiazole rings is 1. The second kappa shape index (κ2) is 7.51. The second-order valence-corrected chi connectivity index (χ2v) is 5.90. The number of rotatable bonds is 5. The molecule has 0 saturated heterocycles. The highest BCUT2D eigenvalue weighted by Gasteiger charge is 2.04. The first-order valence-corrected chi connectivity index (χ1v) is 8.20. The predicted octanol–water partition coefficient (Wildman–Crippen LogP) is 4.14. The molecule has 0 bridgehead atoms. The van der Waals surface area contributed by atoms with E-state index in [1.165, 1.54) is 0 Å². The summed E-state index contributed by atoms with van der Waals surface area (Å²) in [6.45, 7) is 0.440. The minimum atomic E-state index is -0.120. The number of nitrogens with zero attached hydrogens (tertiary/aromatic N) is 1. The van der Waals surface area contributed by atoms with Gasteiger partial charge >= 0.3 is 0 Å². The Kier molecular flexibility index (Phi) is 4.96. The van der Waals surface area contributed by atoms with E-state index in [-0.39, 0.29) is 5.91 Å². The summed E-state index contributed by atoms with van der Waals surface area (Å²) in [5.41, 5.74) is 3.04. The molecule has 0 aliphatic carbocycles. The van der Waals surface area contributed by atoms with Crippen molar-refractivity contribution in [1.29, 1.82) is 0 Å². The third-order valence-corrected chi connectivity index (χ3v) is 4.11. The highest BCUT2D eigenvalue weighted by Crippen LogP contribution is 2.21. The Balaban J connectivity index is 1.55. The second-order valence-electron chi connectivity index (χ2n) is 4.95. The molecule has 3 rings (SSSR count). The Morgan fingerprint density at radius 1 is 1.04 bits per heavy atom. The fraction of sp³-hybridized carbons (Fsp3) is 0.0526. The molecule has 1 aromatic heterocycles. The molecule has 0 aliphatic rings. The van der Waals surface area contributed by atoms with Gasteiger partial charge < -0.3 is 5.32 Å². The lowest BCUT2D eigenvalue weighted by molar-refractivity contribution is -0.116. The lowest BCUT2D eigenvalue weighted by atomic mass is 10.2. The number of benzene rings is 2. The molecule has 2 aromatic carbocycles. The fourth-order valence-corrected chi connectivity index (χ4v) is 2.83. The first-order chi connectivity index (χ1) is 11.3. The van der Waals surface area contributed by atoms with E-state index in [9.17, 15) is 4.79 Å². The highest BCUT2D eigenvalue weighted by atomic mass is 32.1. The molecular formula is C19H16N2OS. The molecule has 0 unspecified atom stereocenters. The van der Waals surface area contributed by atoms with Gasteiger partial charge in [-0.1, -0.05) is 60.7 Å². The maximum atomic E-state index is 11.8. The van der Waals surface area contributed by atoms with E-state index in [1.807, 2.05) is 66.0 Å². The van der Waals surface area contributed by atoms with Crippen molar-refractivity contribution in [3.05, 3.63) is 82.7 Å². The van der Waals surface area contributed by atoms with Crippen LogP contribution in [-0.2, 0) is 11.3 Å². The van der Waals surface area contributed by atoms with E-state index in [4.69, 9.17) is 0 Å². The van der Waals surface area contributed by atoms with E-state index in [2.05, 4.69) is 10.3 Å². The van der Waals surface area contributed by atoms with Crippen molar-refractivity contribution >= 4 is 23.3 Å². The van der Waals surface area contributed by atoms with Gasteiger partial charge in [0.05, 0.1) is 12.2 Å². The molecule has 0 atom stereocenters. The lowest BCUT2D eigenvalue weighted by Crippen LogP contribution is -2.20. The molecule has 1 heterocycles. The zero-order valence-electron chi connectivity index (χ0n) is 12.5. The summed E-state index contributed by atoms with van der Waals surface area (Å²) >= 11 is 1.55. The van der Waals surface area contributed by atoms with Gasteiger partial charge in [0, 0.05) is 17.0 Å². The zero-order valence-corrected chi connectivity index (χ0v) is 13.3. The molecule has 0 fully saturated rings. The Hall–Kier alpha value is -2.72. The summed E-state index contributed by atoms with van der Waals surface area (Å²) in [7, 11) is 0. The lowest BCUT2D eigenvalue weighted by Gasteiger charge is -1.99. The Labute approximate surface area is 139 Å². The zero-order chi connectivity index (χ0) is 15.9. The summed E-state index contributed by atoms with van der Waals surface area (Å²) in [6.07, 6.45) is 3.34. The van der Waals surface area contributed by atoms with Gasteiger partial charge in [0.15, 0.2) is 0 Å². The van der Waals surface area contributed by atoms with E-state index < -0.39 is 0 Å². The van der Waals surface area contributed by atoms with Crippen LogP contribution in [0.4, 0.5) is 0 Å². The molecule has 1 amide bonds. The average molecular weight is 320 g/mol. The Morgan fingerprint density at radius 2 is 1.74 bits per heavy atom. The molecule has 1 N–H and O–H groups in total. The van der Waals surface area contributed by atoms with Gasteiger partial charge in [0.25, 0.3) is 0 Å². The minimum absolute atomic E-state index is 0.120. The molecule has 0 saturated carbocycles. The number of carbonyl (C=O) groups excluding carboxylic acids is 1. The van der Waals surface area contributed by atoms with Crippen molar-refractivity contribution in [2.24, 2.45) is 0 Å². The molecule has 4 heteroatoms. The molecule has 0 spiro atoms. The van der Waals surface area contributed by atoms with Crippen LogP contribution in [0.15, 0.2) is 72.1 Å². The number of hydrogen-bond donors (Lipinski definition) is 1. The van der Waals surface area contributed by atoms with Gasteiger partial charge in [-0.25, -0.2) is 4.98 Å². The van der Waals surface area contributed by atoms with Gasteiger partial charge in [0.1, 0.15) is 5.01 Å². The molecule has 0 radical (unpaired) electrons. The molecule has 23 heavy (non-hydrogen) atoms. The monoisotopic (exact) mass is 320 g/mol. The van der Waals surface area contributed by atoms with E-state index >= 15 is 0 Å². The molecule has 0 aliphatic heterocycles. The summed E-state index contributed by atoms with van der Waals surface area (Å²) in [4.78, 5) is 16.4.